The fourth-order valence-corrected chi connectivity index (χ4v) is 2.59. The molecule has 20 heavy (non-hydrogen) atoms. The average Bonchev–Trinajstić information content (AvgIpc) is 2.45. The second-order valence-corrected chi connectivity index (χ2v) is 5.44. The molecule has 0 saturated carbocycles. The summed E-state index contributed by atoms with van der Waals surface area (Å²) >= 11 is 0. The third-order valence-electron chi connectivity index (χ3n) is 3.82. The lowest BCUT2D eigenvalue weighted by molar-refractivity contribution is -0.129. The zero-order valence-electron chi connectivity index (χ0n) is 12.7. The summed E-state index contributed by atoms with van der Waals surface area (Å²) in [5.74, 6) is -0.394. The van der Waals surface area contributed by atoms with Crippen LogP contribution >= 0.6 is 0 Å². The molecule has 6 heteroatoms. The van der Waals surface area contributed by atoms with Crippen molar-refractivity contribution in [3.05, 3.63) is 0 Å². The number of piperidine rings is 1. The largest absolute Gasteiger partial charge is 0.369 e. The van der Waals surface area contributed by atoms with Crippen molar-refractivity contribution in [1.29, 1.82) is 0 Å². The van der Waals surface area contributed by atoms with E-state index in [4.69, 9.17) is 5.73 Å². The first-order valence-corrected chi connectivity index (χ1v) is 7.58. The molecule has 1 rings (SSSR count). The standard InChI is InChI=1S/C14H28N4O2/c1-3-4-7-17-14(20)11(2)18(10-13(15)19)12-5-8-16-9-6-12/h11-12,16H,3-10H2,1-2H3,(H2,15,19)(H,17,20). The third-order valence-corrected chi connectivity index (χ3v) is 3.82. The van der Waals surface area contributed by atoms with Crippen LogP contribution < -0.4 is 16.4 Å². The van der Waals surface area contributed by atoms with Crippen molar-refractivity contribution in [3.8, 4) is 0 Å². The Labute approximate surface area is 121 Å². The molecule has 1 atom stereocenters. The van der Waals surface area contributed by atoms with E-state index in [-0.39, 0.29) is 30.4 Å². The van der Waals surface area contributed by atoms with E-state index in [9.17, 15) is 9.59 Å². The Morgan fingerprint density at radius 1 is 1.40 bits per heavy atom. The number of hydrogen-bond acceptors (Lipinski definition) is 4. The molecular formula is C14H28N4O2. The van der Waals surface area contributed by atoms with Gasteiger partial charge in [0.1, 0.15) is 0 Å². The summed E-state index contributed by atoms with van der Waals surface area (Å²) in [6.07, 6.45) is 3.91. The van der Waals surface area contributed by atoms with E-state index in [1.807, 2.05) is 11.8 Å². The molecule has 116 valence electrons. The van der Waals surface area contributed by atoms with Gasteiger partial charge in [-0.25, -0.2) is 0 Å². The third kappa shape index (κ3) is 5.46. The first kappa shape index (κ1) is 16.9. The van der Waals surface area contributed by atoms with E-state index in [1.54, 1.807) is 0 Å². The highest BCUT2D eigenvalue weighted by molar-refractivity contribution is 5.82. The molecule has 0 aromatic rings. The first-order chi connectivity index (χ1) is 9.56. The minimum atomic E-state index is -0.378. The fourth-order valence-electron chi connectivity index (χ4n) is 2.59. The predicted molar refractivity (Wildman–Crippen MR) is 79.2 cm³/mol. The van der Waals surface area contributed by atoms with Crippen molar-refractivity contribution in [3.63, 3.8) is 0 Å². The van der Waals surface area contributed by atoms with Gasteiger partial charge < -0.3 is 16.4 Å². The van der Waals surface area contributed by atoms with Crippen molar-refractivity contribution in [2.45, 2.75) is 51.6 Å². The number of nitrogens with one attached hydrogen (secondary N) is 2. The molecule has 0 aromatic heterocycles. The van der Waals surface area contributed by atoms with E-state index < -0.39 is 0 Å². The minimum Gasteiger partial charge on any atom is -0.369 e. The number of carbonyl (C=O) groups excluding carboxylic acids is 2. The van der Waals surface area contributed by atoms with E-state index in [2.05, 4.69) is 17.6 Å². The Kier molecular flexibility index (Phi) is 7.54. The molecule has 0 bridgehead atoms. The molecule has 1 fully saturated rings. The van der Waals surface area contributed by atoms with Crippen LogP contribution in [0.2, 0.25) is 0 Å². The Balaban J connectivity index is 2.60. The summed E-state index contributed by atoms with van der Waals surface area (Å²) in [6.45, 7) is 6.62. The van der Waals surface area contributed by atoms with E-state index in [0.717, 1.165) is 38.8 Å². The summed E-state index contributed by atoms with van der Waals surface area (Å²) in [5, 5.41) is 6.22. The molecule has 0 radical (unpaired) electrons. The molecule has 0 aliphatic carbocycles. The van der Waals surface area contributed by atoms with Gasteiger partial charge in [0.25, 0.3) is 0 Å². The van der Waals surface area contributed by atoms with Crippen LogP contribution in [-0.4, -0.2) is 55.0 Å². The Morgan fingerprint density at radius 3 is 2.60 bits per heavy atom. The zero-order valence-corrected chi connectivity index (χ0v) is 12.7. The predicted octanol–water partition coefficient (Wildman–Crippen LogP) is -0.169. The summed E-state index contributed by atoms with van der Waals surface area (Å²) in [7, 11) is 0. The molecule has 2 amide bonds. The number of amides is 2. The van der Waals surface area contributed by atoms with Crippen molar-refractivity contribution in [1.82, 2.24) is 15.5 Å². The maximum atomic E-state index is 12.2. The number of hydrogen-bond donors (Lipinski definition) is 3. The lowest BCUT2D eigenvalue weighted by Crippen LogP contribution is -2.54. The Hall–Kier alpha value is -1.14. The number of rotatable bonds is 8. The average molecular weight is 284 g/mol. The van der Waals surface area contributed by atoms with Gasteiger partial charge in [-0.3, -0.25) is 14.5 Å². The molecular weight excluding hydrogens is 256 g/mol. The summed E-state index contributed by atoms with van der Waals surface area (Å²) in [4.78, 5) is 25.4. The monoisotopic (exact) mass is 284 g/mol. The molecule has 1 unspecified atom stereocenters. The molecule has 0 spiro atoms. The number of nitrogens with two attached hydrogens (primary N) is 1. The quantitative estimate of drug-likeness (QED) is 0.540. The van der Waals surface area contributed by atoms with E-state index in [1.165, 1.54) is 0 Å². The Morgan fingerprint density at radius 2 is 2.05 bits per heavy atom. The van der Waals surface area contributed by atoms with E-state index >= 15 is 0 Å². The van der Waals surface area contributed by atoms with Gasteiger partial charge in [0.2, 0.25) is 11.8 Å². The molecule has 1 saturated heterocycles. The van der Waals surface area contributed by atoms with Crippen LogP contribution in [0.1, 0.15) is 39.5 Å². The van der Waals surface area contributed by atoms with Gasteiger partial charge in [0.05, 0.1) is 12.6 Å². The lowest BCUT2D eigenvalue weighted by Gasteiger charge is -2.37. The zero-order chi connectivity index (χ0) is 15.0. The van der Waals surface area contributed by atoms with Gasteiger partial charge >= 0.3 is 0 Å². The van der Waals surface area contributed by atoms with Crippen LogP contribution in [0.3, 0.4) is 0 Å². The summed E-state index contributed by atoms with van der Waals surface area (Å²) < 4.78 is 0. The van der Waals surface area contributed by atoms with Crippen LogP contribution in [0.4, 0.5) is 0 Å². The van der Waals surface area contributed by atoms with Crippen LogP contribution in [0.5, 0.6) is 0 Å². The van der Waals surface area contributed by atoms with Crippen molar-refractivity contribution in [2.24, 2.45) is 5.73 Å². The lowest BCUT2D eigenvalue weighted by atomic mass is 10.0. The maximum absolute atomic E-state index is 12.2. The van der Waals surface area contributed by atoms with Gasteiger partial charge in [0.15, 0.2) is 0 Å². The van der Waals surface area contributed by atoms with Crippen molar-refractivity contribution in [2.75, 3.05) is 26.2 Å². The van der Waals surface area contributed by atoms with Gasteiger partial charge in [-0.1, -0.05) is 13.3 Å². The van der Waals surface area contributed by atoms with Crippen molar-refractivity contribution < 1.29 is 9.59 Å². The molecule has 1 aliphatic rings. The molecule has 6 nitrogen and oxygen atoms in total. The van der Waals surface area contributed by atoms with Gasteiger partial charge in [-0.2, -0.15) is 0 Å². The van der Waals surface area contributed by atoms with Crippen molar-refractivity contribution >= 4 is 11.8 Å². The van der Waals surface area contributed by atoms with Gasteiger partial charge in [-0.15, -0.1) is 0 Å². The number of unbranched alkanes of at least 4 members (excludes halogenated alkanes) is 1. The second kappa shape index (κ2) is 8.92. The Bertz CT molecular complexity index is 316. The highest BCUT2D eigenvalue weighted by Crippen LogP contribution is 2.15. The van der Waals surface area contributed by atoms with Crippen LogP contribution in [0.15, 0.2) is 0 Å². The molecule has 0 aromatic carbocycles. The SMILES string of the molecule is CCCCNC(=O)C(C)N(CC(N)=O)C1CCNCC1. The van der Waals surface area contributed by atoms with Gasteiger partial charge in [-0.05, 0) is 39.3 Å². The highest BCUT2D eigenvalue weighted by Gasteiger charge is 2.29. The van der Waals surface area contributed by atoms with Gasteiger partial charge in [0, 0.05) is 12.6 Å². The first-order valence-electron chi connectivity index (χ1n) is 7.58. The second-order valence-electron chi connectivity index (χ2n) is 5.44. The van der Waals surface area contributed by atoms with Crippen LogP contribution in [0.25, 0.3) is 0 Å². The van der Waals surface area contributed by atoms with Crippen LogP contribution in [0, 0.1) is 0 Å². The van der Waals surface area contributed by atoms with E-state index in [0.29, 0.717) is 6.54 Å². The maximum Gasteiger partial charge on any atom is 0.237 e. The smallest absolute Gasteiger partial charge is 0.237 e. The number of primary amides is 1. The number of carbonyl (C=O) groups is 2. The summed E-state index contributed by atoms with van der Waals surface area (Å²) in [5.41, 5.74) is 5.33. The minimum absolute atomic E-state index is 0.0155. The highest BCUT2D eigenvalue weighted by atomic mass is 16.2. The topological polar surface area (TPSA) is 87.5 Å². The molecule has 4 N–H and O–H groups in total. The molecule has 1 aliphatic heterocycles. The summed E-state index contributed by atoms with van der Waals surface area (Å²) in [6, 6.07) is -0.0712. The normalized spacial score (nSPS) is 17.9. The number of nitrogens with zero attached hydrogens (tertiary/aromatic N) is 1. The van der Waals surface area contributed by atoms with Crippen LogP contribution in [-0.2, 0) is 9.59 Å². The fraction of sp³-hybridized carbons (Fsp3) is 0.857. The molecule has 1 heterocycles.